The molecule has 1 aromatic carbocycles. The third-order valence-electron chi connectivity index (χ3n) is 2.35. The fourth-order valence-corrected chi connectivity index (χ4v) is 2.55. The van der Waals surface area contributed by atoms with Gasteiger partial charge in [-0.05, 0) is 24.2 Å². The summed E-state index contributed by atoms with van der Waals surface area (Å²) in [5.74, 6) is 0. The maximum absolute atomic E-state index is 6.24. The van der Waals surface area contributed by atoms with Crippen molar-refractivity contribution in [3.63, 3.8) is 0 Å². The molecule has 18 heavy (non-hydrogen) atoms. The highest BCUT2D eigenvalue weighted by Crippen LogP contribution is 2.29. The SMILES string of the molecule is CCNCc1ccc(Sc2cnccn2)cc1Cl. The maximum Gasteiger partial charge on any atom is 0.119 e. The lowest BCUT2D eigenvalue weighted by molar-refractivity contribution is 0.726. The second-order valence-electron chi connectivity index (χ2n) is 3.68. The van der Waals surface area contributed by atoms with Crippen LogP contribution in [-0.2, 0) is 6.54 Å². The number of nitrogens with zero attached hydrogens (tertiary/aromatic N) is 2. The van der Waals surface area contributed by atoms with Gasteiger partial charge < -0.3 is 5.32 Å². The van der Waals surface area contributed by atoms with Gasteiger partial charge in [0.2, 0.25) is 0 Å². The fourth-order valence-electron chi connectivity index (χ4n) is 1.45. The van der Waals surface area contributed by atoms with Gasteiger partial charge in [-0.25, -0.2) is 4.98 Å². The Kier molecular flexibility index (Phi) is 4.99. The van der Waals surface area contributed by atoms with Gasteiger partial charge >= 0.3 is 0 Å². The molecule has 0 radical (unpaired) electrons. The van der Waals surface area contributed by atoms with Crippen molar-refractivity contribution in [3.8, 4) is 0 Å². The minimum atomic E-state index is 0.782. The van der Waals surface area contributed by atoms with E-state index < -0.39 is 0 Å². The smallest absolute Gasteiger partial charge is 0.119 e. The van der Waals surface area contributed by atoms with E-state index in [2.05, 4.69) is 28.3 Å². The monoisotopic (exact) mass is 279 g/mol. The fraction of sp³-hybridized carbons (Fsp3) is 0.231. The van der Waals surface area contributed by atoms with Crippen molar-refractivity contribution in [1.29, 1.82) is 0 Å². The Bertz CT molecular complexity index is 505. The van der Waals surface area contributed by atoms with Crippen molar-refractivity contribution in [2.75, 3.05) is 6.54 Å². The third kappa shape index (κ3) is 3.70. The standard InChI is InChI=1S/C13H14ClN3S/c1-2-15-8-10-3-4-11(7-12(10)14)18-13-9-16-5-6-17-13/h3-7,9,15H,2,8H2,1H3. The normalized spacial score (nSPS) is 10.6. The molecular formula is C13H14ClN3S. The molecule has 0 aliphatic rings. The molecule has 5 heteroatoms. The predicted molar refractivity (Wildman–Crippen MR) is 75.0 cm³/mol. The highest BCUT2D eigenvalue weighted by Gasteiger charge is 2.03. The van der Waals surface area contributed by atoms with Crippen LogP contribution in [-0.4, -0.2) is 16.5 Å². The van der Waals surface area contributed by atoms with E-state index in [9.17, 15) is 0 Å². The Labute approximate surface area is 116 Å². The molecule has 1 aromatic heterocycles. The minimum absolute atomic E-state index is 0.782. The molecule has 2 aromatic rings. The van der Waals surface area contributed by atoms with E-state index in [1.165, 1.54) is 0 Å². The Morgan fingerprint density at radius 1 is 1.33 bits per heavy atom. The molecule has 94 valence electrons. The van der Waals surface area contributed by atoms with Crippen LogP contribution in [0.2, 0.25) is 5.02 Å². The van der Waals surface area contributed by atoms with Crippen molar-refractivity contribution >= 4 is 23.4 Å². The molecule has 0 aliphatic carbocycles. The number of benzene rings is 1. The number of hydrogen-bond donors (Lipinski definition) is 1. The average Bonchev–Trinajstić information content (AvgIpc) is 2.39. The Balaban J connectivity index is 2.09. The number of nitrogens with one attached hydrogen (secondary N) is 1. The van der Waals surface area contributed by atoms with Crippen LogP contribution in [0.15, 0.2) is 46.7 Å². The van der Waals surface area contributed by atoms with E-state index in [0.717, 1.165) is 33.6 Å². The van der Waals surface area contributed by atoms with Crippen molar-refractivity contribution in [1.82, 2.24) is 15.3 Å². The topological polar surface area (TPSA) is 37.8 Å². The maximum atomic E-state index is 6.24. The first-order valence-corrected chi connectivity index (χ1v) is 6.92. The first-order valence-electron chi connectivity index (χ1n) is 5.72. The van der Waals surface area contributed by atoms with Gasteiger partial charge in [0.1, 0.15) is 5.03 Å². The first kappa shape index (κ1) is 13.3. The van der Waals surface area contributed by atoms with Crippen LogP contribution in [0, 0.1) is 0 Å². The van der Waals surface area contributed by atoms with Gasteiger partial charge in [0, 0.05) is 28.9 Å². The second-order valence-corrected chi connectivity index (χ2v) is 5.18. The summed E-state index contributed by atoms with van der Waals surface area (Å²) in [4.78, 5) is 9.33. The van der Waals surface area contributed by atoms with Crippen molar-refractivity contribution in [3.05, 3.63) is 47.4 Å². The summed E-state index contributed by atoms with van der Waals surface area (Å²) in [5, 5.41) is 4.91. The summed E-state index contributed by atoms with van der Waals surface area (Å²) in [6, 6.07) is 6.06. The summed E-state index contributed by atoms with van der Waals surface area (Å²) in [5.41, 5.74) is 1.11. The molecule has 0 atom stereocenters. The molecule has 1 N–H and O–H groups in total. The lowest BCUT2D eigenvalue weighted by Gasteiger charge is -2.07. The van der Waals surface area contributed by atoms with Crippen LogP contribution in [0.25, 0.3) is 0 Å². The van der Waals surface area contributed by atoms with Crippen LogP contribution in [0.3, 0.4) is 0 Å². The lowest BCUT2D eigenvalue weighted by atomic mass is 10.2. The van der Waals surface area contributed by atoms with Crippen LogP contribution >= 0.6 is 23.4 Å². The lowest BCUT2D eigenvalue weighted by Crippen LogP contribution is -2.11. The Hall–Kier alpha value is -1.10. The highest BCUT2D eigenvalue weighted by atomic mass is 35.5. The molecule has 2 rings (SSSR count). The van der Waals surface area contributed by atoms with E-state index in [-0.39, 0.29) is 0 Å². The van der Waals surface area contributed by atoms with Crippen LogP contribution in [0.4, 0.5) is 0 Å². The molecule has 0 unspecified atom stereocenters. The Morgan fingerprint density at radius 3 is 2.89 bits per heavy atom. The molecule has 1 heterocycles. The van der Waals surface area contributed by atoms with E-state index in [4.69, 9.17) is 11.6 Å². The van der Waals surface area contributed by atoms with E-state index in [1.807, 2.05) is 12.1 Å². The predicted octanol–water partition coefficient (Wildman–Crippen LogP) is 3.39. The molecule has 0 bridgehead atoms. The minimum Gasteiger partial charge on any atom is -0.313 e. The number of rotatable bonds is 5. The summed E-state index contributed by atoms with van der Waals surface area (Å²) in [7, 11) is 0. The van der Waals surface area contributed by atoms with Crippen molar-refractivity contribution in [2.45, 2.75) is 23.4 Å². The summed E-state index contributed by atoms with van der Waals surface area (Å²) >= 11 is 7.80. The van der Waals surface area contributed by atoms with Gasteiger partial charge in [-0.1, -0.05) is 36.4 Å². The van der Waals surface area contributed by atoms with Gasteiger partial charge in [0.05, 0.1) is 6.20 Å². The molecule has 0 saturated heterocycles. The van der Waals surface area contributed by atoms with Crippen molar-refractivity contribution in [2.24, 2.45) is 0 Å². The van der Waals surface area contributed by atoms with E-state index in [0.29, 0.717) is 0 Å². The second kappa shape index (κ2) is 6.73. The van der Waals surface area contributed by atoms with Crippen LogP contribution in [0.5, 0.6) is 0 Å². The molecule has 0 spiro atoms. The molecular weight excluding hydrogens is 266 g/mol. The highest BCUT2D eigenvalue weighted by molar-refractivity contribution is 7.99. The molecule has 0 amide bonds. The van der Waals surface area contributed by atoms with E-state index in [1.54, 1.807) is 30.4 Å². The zero-order valence-electron chi connectivity index (χ0n) is 10.1. The van der Waals surface area contributed by atoms with Gasteiger partial charge in [0.25, 0.3) is 0 Å². The Morgan fingerprint density at radius 2 is 2.22 bits per heavy atom. The number of hydrogen-bond acceptors (Lipinski definition) is 4. The van der Waals surface area contributed by atoms with Crippen LogP contribution < -0.4 is 5.32 Å². The molecule has 0 aliphatic heterocycles. The van der Waals surface area contributed by atoms with Gasteiger partial charge in [0.15, 0.2) is 0 Å². The molecule has 0 fully saturated rings. The largest absolute Gasteiger partial charge is 0.313 e. The van der Waals surface area contributed by atoms with E-state index >= 15 is 0 Å². The zero-order chi connectivity index (χ0) is 12.8. The third-order valence-corrected chi connectivity index (χ3v) is 3.61. The number of aromatic nitrogens is 2. The summed E-state index contributed by atoms with van der Waals surface area (Å²) in [6.07, 6.45) is 5.09. The molecule has 3 nitrogen and oxygen atoms in total. The quantitative estimate of drug-likeness (QED) is 0.910. The van der Waals surface area contributed by atoms with Crippen LogP contribution in [0.1, 0.15) is 12.5 Å². The van der Waals surface area contributed by atoms with Gasteiger partial charge in [-0.15, -0.1) is 0 Å². The summed E-state index contributed by atoms with van der Waals surface area (Å²) < 4.78 is 0. The summed E-state index contributed by atoms with van der Waals surface area (Å²) in [6.45, 7) is 3.81. The van der Waals surface area contributed by atoms with Crippen molar-refractivity contribution < 1.29 is 0 Å². The molecule has 0 saturated carbocycles. The van der Waals surface area contributed by atoms with Gasteiger partial charge in [-0.3, -0.25) is 4.98 Å². The first-order chi connectivity index (χ1) is 8.79. The number of halogens is 1. The zero-order valence-corrected chi connectivity index (χ0v) is 11.6. The van der Waals surface area contributed by atoms with Gasteiger partial charge in [-0.2, -0.15) is 0 Å². The average molecular weight is 280 g/mol.